The molecule has 0 amide bonds. The molecule has 0 atom stereocenters. The van der Waals surface area contributed by atoms with Gasteiger partial charge in [-0.3, -0.25) is 0 Å². The van der Waals surface area contributed by atoms with Crippen molar-refractivity contribution >= 4 is 39.7 Å². The minimum atomic E-state index is -0.0678. The molecule has 0 saturated heterocycles. The Hall–Kier alpha value is -6.38. The van der Waals surface area contributed by atoms with E-state index in [-0.39, 0.29) is 10.8 Å². The third-order valence-electron chi connectivity index (χ3n) is 12.5. The predicted molar refractivity (Wildman–Crippen MR) is 237 cm³/mol. The van der Waals surface area contributed by atoms with Gasteiger partial charge in [0.05, 0.1) is 0 Å². The van der Waals surface area contributed by atoms with E-state index in [0.717, 1.165) is 41.3 Å². The lowest BCUT2D eigenvalue weighted by molar-refractivity contribution is 0.654. The Kier molecular flexibility index (Phi) is 8.01. The van der Waals surface area contributed by atoms with Gasteiger partial charge >= 0.3 is 0 Å². The minimum absolute atomic E-state index is 0.0188. The number of para-hydroxylation sites is 2. The summed E-state index contributed by atoms with van der Waals surface area (Å²) in [5.41, 5.74) is 20.3. The summed E-state index contributed by atoms with van der Waals surface area (Å²) in [4.78, 5) is 4.77. The van der Waals surface area contributed by atoms with Crippen LogP contribution < -0.4 is 9.80 Å². The van der Waals surface area contributed by atoms with Crippen molar-refractivity contribution in [1.29, 1.82) is 0 Å². The first-order valence-corrected chi connectivity index (χ1v) is 20.0. The molecule has 0 radical (unpaired) electrons. The third kappa shape index (κ3) is 5.46. The van der Waals surface area contributed by atoms with E-state index in [4.69, 9.17) is 0 Å². The third-order valence-corrected chi connectivity index (χ3v) is 12.5. The summed E-state index contributed by atoms with van der Waals surface area (Å²) < 4.78 is 0. The highest BCUT2D eigenvalue weighted by atomic mass is 15.1. The van der Waals surface area contributed by atoms with Crippen molar-refractivity contribution < 1.29 is 0 Å². The largest absolute Gasteiger partial charge is 0.310 e. The van der Waals surface area contributed by atoms with Crippen molar-refractivity contribution in [1.82, 2.24) is 0 Å². The van der Waals surface area contributed by atoms with Crippen LogP contribution in [0.3, 0.4) is 0 Å². The molecule has 0 unspecified atom stereocenters. The van der Waals surface area contributed by atoms with Crippen LogP contribution >= 0.6 is 0 Å². The van der Waals surface area contributed by atoms with E-state index in [2.05, 4.69) is 220 Å². The van der Waals surface area contributed by atoms with Gasteiger partial charge in [0.2, 0.25) is 0 Å². The van der Waals surface area contributed by atoms with Gasteiger partial charge in [-0.1, -0.05) is 137 Å². The second-order valence-electron chi connectivity index (χ2n) is 16.5. The van der Waals surface area contributed by atoms with Crippen LogP contribution in [-0.2, 0) is 10.8 Å². The van der Waals surface area contributed by atoms with Crippen LogP contribution in [0.4, 0.5) is 34.1 Å². The second-order valence-corrected chi connectivity index (χ2v) is 16.5. The molecule has 56 heavy (non-hydrogen) atoms. The number of benzene rings is 7. The maximum absolute atomic E-state index is 2.46. The van der Waals surface area contributed by atoms with E-state index in [1.54, 1.807) is 0 Å². The number of anilines is 6. The fourth-order valence-corrected chi connectivity index (χ4v) is 9.58. The van der Waals surface area contributed by atoms with Gasteiger partial charge in [0.15, 0.2) is 0 Å². The van der Waals surface area contributed by atoms with Gasteiger partial charge in [0.25, 0.3) is 0 Å². The van der Waals surface area contributed by atoms with Crippen LogP contribution in [0, 0.1) is 0 Å². The zero-order valence-electron chi connectivity index (χ0n) is 32.6. The molecule has 0 N–H and O–H groups in total. The van der Waals surface area contributed by atoms with Crippen molar-refractivity contribution in [3.8, 4) is 22.3 Å². The van der Waals surface area contributed by atoms with Crippen LogP contribution in [0.1, 0.15) is 62.8 Å². The summed E-state index contributed by atoms with van der Waals surface area (Å²) in [6.07, 6.45) is 7.15. The molecule has 3 aliphatic carbocycles. The number of hydrogen-bond donors (Lipinski definition) is 0. The molecule has 10 rings (SSSR count). The molecule has 0 heterocycles. The Morgan fingerprint density at radius 2 is 0.786 bits per heavy atom. The highest BCUT2D eigenvalue weighted by Gasteiger charge is 2.39. The fraction of sp³-hybridized carbons (Fsp3) is 0.148. The summed E-state index contributed by atoms with van der Waals surface area (Å²) in [6, 6.07) is 62.5. The van der Waals surface area contributed by atoms with Gasteiger partial charge < -0.3 is 9.80 Å². The molecular weight excluding hydrogens is 677 g/mol. The average Bonchev–Trinajstić information content (AvgIpc) is 3.61. The SMILES string of the molecule is CC1(C)C2=CCCC=C2c2ccc(N(c3ccccc3)c3ccc(-c4ccc(N(c5ccccc5)c5ccc6c(c5)C(C)(C)c5ccccc5-6)cc4)cc3)cc21. The molecule has 3 aliphatic rings. The van der Waals surface area contributed by atoms with Crippen molar-refractivity contribution in [3.63, 3.8) is 0 Å². The molecule has 0 aliphatic heterocycles. The van der Waals surface area contributed by atoms with E-state index >= 15 is 0 Å². The first-order valence-electron chi connectivity index (χ1n) is 20.0. The van der Waals surface area contributed by atoms with E-state index in [1.165, 1.54) is 61.3 Å². The van der Waals surface area contributed by atoms with Crippen LogP contribution in [0.25, 0.3) is 27.8 Å². The van der Waals surface area contributed by atoms with Crippen molar-refractivity contribution in [2.24, 2.45) is 0 Å². The summed E-state index contributed by atoms with van der Waals surface area (Å²) >= 11 is 0. The summed E-state index contributed by atoms with van der Waals surface area (Å²) in [6.45, 7) is 9.46. The summed E-state index contributed by atoms with van der Waals surface area (Å²) in [5, 5.41) is 0. The van der Waals surface area contributed by atoms with Crippen molar-refractivity contribution in [2.45, 2.75) is 51.4 Å². The predicted octanol–water partition coefficient (Wildman–Crippen LogP) is 15.0. The fourth-order valence-electron chi connectivity index (χ4n) is 9.58. The lowest BCUT2D eigenvalue weighted by atomic mass is 9.80. The van der Waals surface area contributed by atoms with Gasteiger partial charge in [0, 0.05) is 45.0 Å². The smallest absolute Gasteiger partial charge is 0.0465 e. The number of nitrogens with zero attached hydrogens (tertiary/aromatic N) is 2. The Morgan fingerprint density at radius 3 is 1.36 bits per heavy atom. The van der Waals surface area contributed by atoms with Crippen LogP contribution in [0.2, 0.25) is 0 Å². The Balaban J connectivity index is 0.983. The van der Waals surface area contributed by atoms with Crippen LogP contribution in [-0.4, -0.2) is 0 Å². The molecule has 0 aromatic heterocycles. The second kappa shape index (κ2) is 13.1. The van der Waals surface area contributed by atoms with Gasteiger partial charge in [0.1, 0.15) is 0 Å². The normalized spacial score (nSPS) is 15.5. The molecule has 0 bridgehead atoms. The van der Waals surface area contributed by atoms with E-state index < -0.39 is 0 Å². The number of hydrogen-bond acceptors (Lipinski definition) is 2. The molecule has 272 valence electrons. The molecule has 7 aromatic carbocycles. The number of rotatable bonds is 7. The maximum Gasteiger partial charge on any atom is 0.0465 e. The lowest BCUT2D eigenvalue weighted by Crippen LogP contribution is -2.17. The van der Waals surface area contributed by atoms with Gasteiger partial charge in [-0.2, -0.15) is 0 Å². The van der Waals surface area contributed by atoms with Crippen molar-refractivity contribution in [2.75, 3.05) is 9.80 Å². The molecule has 0 spiro atoms. The first-order chi connectivity index (χ1) is 27.3. The molecule has 7 aromatic rings. The Labute approximate surface area is 331 Å². The van der Waals surface area contributed by atoms with E-state index in [9.17, 15) is 0 Å². The van der Waals surface area contributed by atoms with Gasteiger partial charge in [-0.15, -0.1) is 0 Å². The lowest BCUT2D eigenvalue weighted by Gasteiger charge is -2.28. The quantitative estimate of drug-likeness (QED) is 0.162. The maximum atomic E-state index is 2.46. The standard InChI is InChI=1S/C54H46N2/c1-53(2)49-21-13-11-19-45(49)47-33-31-43(35-51(47)53)55(39-15-7-5-8-16-39)41-27-23-37(24-28-41)38-25-29-42(30-26-38)56(40-17-9-6-10-18-40)44-32-34-48-46-20-12-14-22-50(46)54(3,4)52(48)36-44/h5-11,13,15-36H,12,14H2,1-4H3. The van der Waals surface area contributed by atoms with Crippen LogP contribution in [0.5, 0.6) is 0 Å². The summed E-state index contributed by atoms with van der Waals surface area (Å²) in [5.74, 6) is 0. The molecule has 2 nitrogen and oxygen atoms in total. The molecular formula is C54H46N2. The van der Waals surface area contributed by atoms with E-state index in [1.807, 2.05) is 0 Å². The zero-order chi connectivity index (χ0) is 38.0. The highest BCUT2D eigenvalue weighted by Crippen LogP contribution is 2.53. The van der Waals surface area contributed by atoms with Crippen LogP contribution in [0.15, 0.2) is 188 Å². The van der Waals surface area contributed by atoms with Crippen molar-refractivity contribution in [3.05, 3.63) is 210 Å². The first kappa shape index (κ1) is 34.1. The Bertz CT molecular complexity index is 2660. The van der Waals surface area contributed by atoms with Gasteiger partial charge in [-0.25, -0.2) is 0 Å². The molecule has 2 heteroatoms. The molecule has 0 fully saturated rings. The van der Waals surface area contributed by atoms with Gasteiger partial charge in [-0.05, 0) is 141 Å². The summed E-state index contributed by atoms with van der Waals surface area (Å²) in [7, 11) is 0. The monoisotopic (exact) mass is 722 g/mol. The zero-order valence-corrected chi connectivity index (χ0v) is 32.6. The number of allylic oxidation sites excluding steroid dienone is 4. The average molecular weight is 723 g/mol. The Morgan fingerprint density at radius 1 is 0.357 bits per heavy atom. The van der Waals surface area contributed by atoms with E-state index in [0.29, 0.717) is 0 Å². The highest BCUT2D eigenvalue weighted by molar-refractivity contribution is 5.92. The molecule has 0 saturated carbocycles. The minimum Gasteiger partial charge on any atom is -0.310 e. The number of fused-ring (bicyclic) bond motifs is 6. The topological polar surface area (TPSA) is 6.48 Å².